The van der Waals surface area contributed by atoms with Crippen molar-refractivity contribution >= 4 is 46.7 Å². The van der Waals surface area contributed by atoms with E-state index in [4.69, 9.17) is 33.0 Å². The first-order chi connectivity index (χ1) is 11.8. The van der Waals surface area contributed by atoms with Gasteiger partial charge >= 0.3 is 5.97 Å². The number of hydrogen-bond acceptors (Lipinski definition) is 4. The van der Waals surface area contributed by atoms with Crippen LogP contribution in [0.4, 0.5) is 5.69 Å². The number of benzene rings is 1. The molecule has 0 aromatic heterocycles. The van der Waals surface area contributed by atoms with Crippen molar-refractivity contribution in [3.63, 3.8) is 0 Å². The second kappa shape index (κ2) is 8.51. The Bertz CT molecular complexity index is 662. The number of carbonyl (C=O) groups excluding carboxylic acids is 2. The average molecular weight is 389 g/mol. The molecule has 0 radical (unpaired) electrons. The van der Waals surface area contributed by atoms with E-state index in [0.29, 0.717) is 16.5 Å². The summed E-state index contributed by atoms with van der Waals surface area (Å²) in [6.07, 6.45) is -1.25. The van der Waals surface area contributed by atoms with E-state index in [2.05, 4.69) is 5.32 Å². The van der Waals surface area contributed by atoms with E-state index in [-0.39, 0.29) is 25.2 Å². The molecule has 9 heteroatoms. The first-order valence-electron chi connectivity index (χ1n) is 7.74. The highest BCUT2D eigenvalue weighted by molar-refractivity contribution is 6.39. The Morgan fingerprint density at radius 3 is 2.36 bits per heavy atom. The maximum Gasteiger partial charge on any atom is 0.332 e. The number of nitrogens with zero attached hydrogens (tertiary/aromatic N) is 1. The van der Waals surface area contributed by atoms with Gasteiger partial charge in [0.2, 0.25) is 5.91 Å². The molecular formula is C16H18Cl2N2O5. The first-order valence-corrected chi connectivity index (χ1v) is 8.50. The average Bonchev–Trinajstić information content (AvgIpc) is 3.06. The van der Waals surface area contributed by atoms with Crippen LogP contribution >= 0.6 is 23.2 Å². The Hall–Kier alpha value is -1.83. The number of anilines is 1. The van der Waals surface area contributed by atoms with Gasteiger partial charge in [-0.2, -0.15) is 0 Å². The number of carboxylic acid groups (broad SMARTS) is 1. The van der Waals surface area contributed by atoms with E-state index in [1.165, 1.54) is 4.90 Å². The van der Waals surface area contributed by atoms with Crippen molar-refractivity contribution < 1.29 is 24.2 Å². The Kier molecular flexibility index (Phi) is 6.64. The first kappa shape index (κ1) is 19.5. The van der Waals surface area contributed by atoms with Crippen LogP contribution in [0, 0.1) is 0 Å². The summed E-state index contributed by atoms with van der Waals surface area (Å²) in [7, 11) is 0. The predicted octanol–water partition coefficient (Wildman–Crippen LogP) is 2.41. The fraction of sp³-hybridized carbons (Fsp3) is 0.438. The molecule has 1 heterocycles. The summed E-state index contributed by atoms with van der Waals surface area (Å²) in [5.41, 5.74) is 0.280. The van der Waals surface area contributed by atoms with Crippen LogP contribution < -0.4 is 5.32 Å². The number of hydrogen-bond donors (Lipinski definition) is 2. The second-order valence-electron chi connectivity index (χ2n) is 5.53. The minimum atomic E-state index is -1.09. The number of halogens is 2. The van der Waals surface area contributed by atoms with Gasteiger partial charge in [-0.25, -0.2) is 4.79 Å². The second-order valence-corrected chi connectivity index (χ2v) is 6.34. The molecule has 1 aliphatic heterocycles. The number of amides is 2. The van der Waals surface area contributed by atoms with Crippen molar-refractivity contribution in [3.05, 3.63) is 28.2 Å². The van der Waals surface area contributed by atoms with E-state index >= 15 is 0 Å². The molecule has 1 aromatic rings. The zero-order valence-electron chi connectivity index (χ0n) is 13.5. The lowest BCUT2D eigenvalue weighted by Crippen LogP contribution is -2.43. The van der Waals surface area contributed by atoms with Crippen LogP contribution in [-0.2, 0) is 19.1 Å². The number of carboxylic acids is 1. The molecule has 0 unspecified atom stereocenters. The van der Waals surface area contributed by atoms with Crippen molar-refractivity contribution in [3.8, 4) is 0 Å². The molecule has 0 bridgehead atoms. The molecule has 1 fully saturated rings. The van der Waals surface area contributed by atoms with Gasteiger partial charge in [0.15, 0.2) is 6.10 Å². The highest BCUT2D eigenvalue weighted by atomic mass is 35.5. The summed E-state index contributed by atoms with van der Waals surface area (Å²) < 4.78 is 5.24. The molecule has 0 spiro atoms. The third-order valence-corrected chi connectivity index (χ3v) is 4.46. The lowest BCUT2D eigenvalue weighted by atomic mass is 10.2. The van der Waals surface area contributed by atoms with Crippen molar-refractivity contribution in [2.24, 2.45) is 0 Å². The van der Waals surface area contributed by atoms with Crippen molar-refractivity contribution in [1.29, 1.82) is 0 Å². The molecular weight excluding hydrogens is 371 g/mol. The molecule has 0 aliphatic carbocycles. The molecule has 0 saturated carbocycles. The molecule has 2 atom stereocenters. The molecule has 1 aromatic carbocycles. The summed E-state index contributed by atoms with van der Waals surface area (Å²) in [6, 6.07) is 4.83. The number of likely N-dealkylation sites (N-methyl/N-ethyl adjacent to an activating group) is 1. The number of rotatable bonds is 6. The molecule has 2 amide bonds. The highest BCUT2D eigenvalue weighted by Crippen LogP contribution is 2.29. The fourth-order valence-electron chi connectivity index (χ4n) is 2.52. The molecule has 7 nitrogen and oxygen atoms in total. The normalized spacial score (nSPS) is 19.5. The van der Waals surface area contributed by atoms with Crippen LogP contribution in [0.2, 0.25) is 10.0 Å². The van der Waals surface area contributed by atoms with Gasteiger partial charge < -0.3 is 20.1 Å². The van der Waals surface area contributed by atoms with E-state index in [0.717, 1.165) is 0 Å². The van der Waals surface area contributed by atoms with Gasteiger partial charge in [-0.3, -0.25) is 9.59 Å². The van der Waals surface area contributed by atoms with Crippen molar-refractivity contribution in [1.82, 2.24) is 4.90 Å². The zero-order valence-corrected chi connectivity index (χ0v) is 15.0. The quantitative estimate of drug-likeness (QED) is 0.779. The van der Waals surface area contributed by atoms with Gasteiger partial charge in [0, 0.05) is 6.54 Å². The van der Waals surface area contributed by atoms with Crippen molar-refractivity contribution in [2.75, 3.05) is 18.4 Å². The Balaban J connectivity index is 1.98. The summed E-state index contributed by atoms with van der Waals surface area (Å²) in [4.78, 5) is 36.9. The van der Waals surface area contributed by atoms with Gasteiger partial charge in [-0.15, -0.1) is 0 Å². The van der Waals surface area contributed by atoms with Crippen LogP contribution in [0.1, 0.15) is 19.8 Å². The maximum atomic E-state index is 12.4. The van der Waals surface area contributed by atoms with Gasteiger partial charge in [-0.1, -0.05) is 29.3 Å². The smallest absolute Gasteiger partial charge is 0.332 e. The number of ether oxygens (including phenoxy) is 1. The number of aliphatic carboxylic acids is 1. The molecule has 1 saturated heterocycles. The van der Waals surface area contributed by atoms with Gasteiger partial charge in [0.05, 0.1) is 22.3 Å². The Morgan fingerprint density at radius 1 is 1.24 bits per heavy atom. The third kappa shape index (κ3) is 4.84. The largest absolute Gasteiger partial charge is 0.479 e. The Labute approximate surface area is 154 Å². The fourth-order valence-corrected chi connectivity index (χ4v) is 3.01. The number of para-hydroxylation sites is 1. The monoisotopic (exact) mass is 388 g/mol. The molecule has 25 heavy (non-hydrogen) atoms. The topological polar surface area (TPSA) is 95.9 Å². The summed E-state index contributed by atoms with van der Waals surface area (Å²) in [5, 5.41) is 12.1. The standard InChI is InChI=1S/C16H18Cl2N2O5/c1-2-20(15(22)11-6-7-12(25-11)16(23)24)8-13(21)19-14-9(17)4-3-5-10(14)18/h3-5,11-12H,2,6-8H2,1H3,(H,19,21)(H,23,24)/t11-,12+/m0/s1. The molecule has 136 valence electrons. The minimum absolute atomic E-state index is 0.214. The third-order valence-electron chi connectivity index (χ3n) is 3.83. The van der Waals surface area contributed by atoms with E-state index < -0.39 is 30.0 Å². The van der Waals surface area contributed by atoms with Crippen LogP contribution in [0.5, 0.6) is 0 Å². The number of nitrogens with one attached hydrogen (secondary N) is 1. The van der Waals surface area contributed by atoms with Gasteiger partial charge in [-0.05, 0) is 31.9 Å². The number of carbonyl (C=O) groups is 3. The van der Waals surface area contributed by atoms with Crippen LogP contribution in [0.15, 0.2) is 18.2 Å². The maximum absolute atomic E-state index is 12.4. The van der Waals surface area contributed by atoms with E-state index in [1.54, 1.807) is 25.1 Å². The Morgan fingerprint density at radius 2 is 1.84 bits per heavy atom. The van der Waals surface area contributed by atoms with Gasteiger partial charge in [0.25, 0.3) is 5.91 Å². The zero-order chi connectivity index (χ0) is 18.6. The van der Waals surface area contributed by atoms with Crippen molar-refractivity contribution in [2.45, 2.75) is 32.0 Å². The lowest BCUT2D eigenvalue weighted by Gasteiger charge is -2.23. The van der Waals surface area contributed by atoms with Crippen LogP contribution in [0.3, 0.4) is 0 Å². The van der Waals surface area contributed by atoms with Crippen LogP contribution in [0.25, 0.3) is 0 Å². The van der Waals surface area contributed by atoms with Gasteiger partial charge in [0.1, 0.15) is 6.10 Å². The molecule has 2 N–H and O–H groups in total. The summed E-state index contributed by atoms with van der Waals surface area (Å²) >= 11 is 12.0. The molecule has 1 aliphatic rings. The molecule has 2 rings (SSSR count). The van der Waals surface area contributed by atoms with E-state index in [9.17, 15) is 14.4 Å². The highest BCUT2D eigenvalue weighted by Gasteiger charge is 2.36. The van der Waals surface area contributed by atoms with E-state index in [1.807, 2.05) is 0 Å². The summed E-state index contributed by atoms with van der Waals surface area (Å²) in [5.74, 6) is -1.96. The predicted molar refractivity (Wildman–Crippen MR) is 92.9 cm³/mol. The van der Waals surface area contributed by atoms with Crippen LogP contribution in [-0.4, -0.2) is 53.1 Å². The lowest BCUT2D eigenvalue weighted by molar-refractivity contribution is -0.155. The summed E-state index contributed by atoms with van der Waals surface area (Å²) in [6.45, 7) is 1.78. The minimum Gasteiger partial charge on any atom is -0.479 e. The SMILES string of the molecule is CCN(CC(=O)Nc1c(Cl)cccc1Cl)C(=O)[C@@H]1CC[C@H](C(=O)O)O1.